The summed E-state index contributed by atoms with van der Waals surface area (Å²) in [6.07, 6.45) is 0. The Hall–Kier alpha value is -2.53. The minimum Gasteiger partial charge on any atom is -0.379 e. The molecule has 0 amide bonds. The summed E-state index contributed by atoms with van der Waals surface area (Å²) in [4.78, 5) is 2.12. The van der Waals surface area contributed by atoms with Crippen LogP contribution in [0.1, 0.15) is 0 Å². The van der Waals surface area contributed by atoms with Crippen molar-refractivity contribution in [2.45, 2.75) is 4.90 Å². The van der Waals surface area contributed by atoms with Gasteiger partial charge >= 0.3 is 10.1 Å². The third kappa shape index (κ3) is 3.00. The van der Waals surface area contributed by atoms with Crippen LogP contribution in [0.25, 0.3) is 10.8 Å². The first-order chi connectivity index (χ1) is 11.0. The van der Waals surface area contributed by atoms with Crippen molar-refractivity contribution in [3.8, 4) is 5.75 Å². The van der Waals surface area contributed by atoms with Crippen LogP contribution in [0.5, 0.6) is 5.75 Å². The van der Waals surface area contributed by atoms with E-state index in [9.17, 15) is 8.42 Å². The average Bonchev–Trinajstić information content (AvgIpc) is 2.54. The predicted molar refractivity (Wildman–Crippen MR) is 92.5 cm³/mol. The Morgan fingerprint density at radius 2 is 1.43 bits per heavy atom. The zero-order valence-electron chi connectivity index (χ0n) is 12.9. The molecular weight excluding hydrogens is 310 g/mol. The standard InChI is InChI=1S/C18H17NO3S/c1-19(2)17-12-6-11-16-15(17)10-7-13-18(16)23(20,21)22-14-8-4-3-5-9-14/h3-13H,1-2H3. The van der Waals surface area contributed by atoms with Gasteiger partial charge in [-0.25, -0.2) is 0 Å². The molecule has 118 valence electrons. The highest BCUT2D eigenvalue weighted by Crippen LogP contribution is 2.31. The van der Waals surface area contributed by atoms with Gasteiger partial charge in [0.15, 0.2) is 0 Å². The number of rotatable bonds is 4. The maximum absolute atomic E-state index is 12.7. The smallest absolute Gasteiger partial charge is 0.339 e. The van der Waals surface area contributed by atoms with E-state index in [1.165, 1.54) is 0 Å². The van der Waals surface area contributed by atoms with Gasteiger partial charge in [0.1, 0.15) is 10.6 Å². The molecule has 0 aliphatic rings. The number of hydrogen-bond acceptors (Lipinski definition) is 4. The molecule has 23 heavy (non-hydrogen) atoms. The van der Waals surface area contributed by atoms with Crippen molar-refractivity contribution in [1.29, 1.82) is 0 Å². The highest BCUT2D eigenvalue weighted by molar-refractivity contribution is 7.87. The van der Waals surface area contributed by atoms with Gasteiger partial charge in [0.2, 0.25) is 0 Å². The molecule has 0 bridgehead atoms. The predicted octanol–water partition coefficient (Wildman–Crippen LogP) is 3.67. The molecule has 0 radical (unpaired) electrons. The Labute approximate surface area is 136 Å². The summed E-state index contributed by atoms with van der Waals surface area (Å²) < 4.78 is 30.6. The number of hydrogen-bond donors (Lipinski definition) is 0. The van der Waals surface area contributed by atoms with Crippen LogP contribution in [0.4, 0.5) is 5.69 Å². The Balaban J connectivity index is 2.14. The van der Waals surface area contributed by atoms with Gasteiger partial charge in [-0.05, 0) is 24.3 Å². The normalized spacial score (nSPS) is 11.4. The molecular formula is C18H17NO3S. The number of nitrogens with zero attached hydrogens (tertiary/aromatic N) is 1. The van der Waals surface area contributed by atoms with Crippen LogP contribution in [0.2, 0.25) is 0 Å². The number of fused-ring (bicyclic) bond motifs is 1. The van der Waals surface area contributed by atoms with Gasteiger partial charge in [-0.3, -0.25) is 0 Å². The van der Waals surface area contributed by atoms with Crippen LogP contribution in [-0.4, -0.2) is 22.5 Å². The van der Waals surface area contributed by atoms with Crippen molar-refractivity contribution in [2.75, 3.05) is 19.0 Å². The Morgan fingerprint density at radius 3 is 2.13 bits per heavy atom. The van der Waals surface area contributed by atoms with Crippen LogP contribution < -0.4 is 9.08 Å². The quantitative estimate of drug-likeness (QED) is 0.686. The first-order valence-corrected chi connectivity index (χ1v) is 8.58. The molecule has 0 spiro atoms. The van der Waals surface area contributed by atoms with Crippen molar-refractivity contribution >= 4 is 26.6 Å². The lowest BCUT2D eigenvalue weighted by Gasteiger charge is -2.17. The van der Waals surface area contributed by atoms with Crippen molar-refractivity contribution < 1.29 is 12.6 Å². The first kappa shape index (κ1) is 15.4. The maximum atomic E-state index is 12.7. The van der Waals surface area contributed by atoms with Gasteiger partial charge in [0.05, 0.1) is 0 Å². The van der Waals surface area contributed by atoms with Gasteiger partial charge in [0, 0.05) is 30.6 Å². The van der Waals surface area contributed by atoms with E-state index in [1.54, 1.807) is 48.5 Å². The minimum atomic E-state index is -3.90. The number of benzene rings is 3. The molecule has 0 aliphatic carbocycles. The van der Waals surface area contributed by atoms with Crippen molar-refractivity contribution in [2.24, 2.45) is 0 Å². The molecule has 0 N–H and O–H groups in total. The van der Waals surface area contributed by atoms with Crippen LogP contribution in [0, 0.1) is 0 Å². The Bertz CT molecular complexity index is 935. The lowest BCUT2D eigenvalue weighted by molar-refractivity contribution is 0.487. The molecule has 0 fully saturated rings. The zero-order valence-corrected chi connectivity index (χ0v) is 13.7. The fraction of sp³-hybridized carbons (Fsp3) is 0.111. The SMILES string of the molecule is CN(C)c1cccc2c(S(=O)(=O)Oc3ccccc3)cccc12. The Kier molecular flexibility index (Phi) is 3.96. The Morgan fingerprint density at radius 1 is 0.783 bits per heavy atom. The van der Waals surface area contributed by atoms with E-state index in [2.05, 4.69) is 0 Å². The maximum Gasteiger partial charge on any atom is 0.339 e. The topological polar surface area (TPSA) is 46.6 Å². The van der Waals surface area contributed by atoms with Crippen LogP contribution in [0.3, 0.4) is 0 Å². The van der Waals surface area contributed by atoms with Crippen molar-refractivity contribution in [3.63, 3.8) is 0 Å². The van der Waals surface area contributed by atoms with E-state index in [-0.39, 0.29) is 4.90 Å². The molecule has 3 aromatic rings. The lowest BCUT2D eigenvalue weighted by Crippen LogP contribution is -2.12. The van der Waals surface area contributed by atoms with E-state index in [0.29, 0.717) is 11.1 Å². The monoisotopic (exact) mass is 327 g/mol. The molecule has 0 heterocycles. The summed E-state index contributed by atoms with van der Waals surface area (Å²) in [5.41, 5.74) is 0.958. The number of para-hydroxylation sites is 1. The minimum absolute atomic E-state index is 0.169. The van der Waals surface area contributed by atoms with E-state index < -0.39 is 10.1 Å². The molecule has 3 aromatic carbocycles. The highest BCUT2D eigenvalue weighted by atomic mass is 32.2. The fourth-order valence-corrected chi connectivity index (χ4v) is 3.67. The highest BCUT2D eigenvalue weighted by Gasteiger charge is 2.20. The summed E-state index contributed by atoms with van der Waals surface area (Å²) in [6.45, 7) is 0. The van der Waals surface area contributed by atoms with E-state index >= 15 is 0 Å². The van der Waals surface area contributed by atoms with Crippen LogP contribution >= 0.6 is 0 Å². The van der Waals surface area contributed by atoms with Crippen molar-refractivity contribution in [3.05, 3.63) is 66.7 Å². The fourth-order valence-electron chi connectivity index (χ4n) is 2.52. The summed E-state index contributed by atoms with van der Waals surface area (Å²) >= 11 is 0. The molecule has 0 saturated carbocycles. The van der Waals surface area contributed by atoms with Gasteiger partial charge in [-0.1, -0.05) is 42.5 Å². The van der Waals surface area contributed by atoms with Gasteiger partial charge in [0.25, 0.3) is 0 Å². The molecule has 4 nitrogen and oxygen atoms in total. The molecule has 0 atom stereocenters. The molecule has 0 saturated heterocycles. The van der Waals surface area contributed by atoms with Gasteiger partial charge in [-0.15, -0.1) is 0 Å². The molecule has 0 aliphatic heterocycles. The summed E-state index contributed by atoms with van der Waals surface area (Å²) in [5, 5.41) is 1.52. The van der Waals surface area contributed by atoms with Gasteiger partial charge in [-0.2, -0.15) is 8.42 Å². The second-order valence-corrected chi connectivity index (χ2v) is 6.89. The molecule has 0 aromatic heterocycles. The third-order valence-electron chi connectivity index (χ3n) is 3.56. The van der Waals surface area contributed by atoms with Gasteiger partial charge < -0.3 is 9.08 Å². The molecule has 0 unspecified atom stereocenters. The van der Waals surface area contributed by atoms with Crippen LogP contribution in [-0.2, 0) is 10.1 Å². The first-order valence-electron chi connectivity index (χ1n) is 7.17. The van der Waals surface area contributed by atoms with E-state index in [1.807, 2.05) is 37.2 Å². The third-order valence-corrected chi connectivity index (χ3v) is 4.87. The zero-order chi connectivity index (χ0) is 16.4. The van der Waals surface area contributed by atoms with Crippen molar-refractivity contribution in [1.82, 2.24) is 0 Å². The summed E-state index contributed by atoms with van der Waals surface area (Å²) in [6, 6.07) is 19.3. The van der Waals surface area contributed by atoms with E-state index in [4.69, 9.17) is 4.18 Å². The average molecular weight is 327 g/mol. The number of anilines is 1. The molecule has 5 heteroatoms. The largest absolute Gasteiger partial charge is 0.379 e. The second-order valence-electron chi connectivity index (χ2n) is 5.37. The summed E-state index contributed by atoms with van der Waals surface area (Å²) in [7, 11) is -0.0469. The van der Waals surface area contributed by atoms with E-state index in [0.717, 1.165) is 11.1 Å². The lowest BCUT2D eigenvalue weighted by atomic mass is 10.1. The van der Waals surface area contributed by atoms with Crippen LogP contribution in [0.15, 0.2) is 71.6 Å². The molecule has 3 rings (SSSR count). The summed E-state index contributed by atoms with van der Waals surface area (Å²) in [5.74, 6) is 0.299. The second kappa shape index (κ2) is 5.93.